The largest absolute Gasteiger partial charge is 0.0888 e. The molecule has 0 heterocycles. The molecule has 166 valence electrons. The van der Waals surface area contributed by atoms with Crippen molar-refractivity contribution >= 4 is 0 Å². The Labute approximate surface area is 183 Å². The van der Waals surface area contributed by atoms with Gasteiger partial charge in [-0.25, -0.2) is 0 Å². The third-order valence-electron chi connectivity index (χ3n) is 7.66. The molecule has 0 bridgehead atoms. The van der Waals surface area contributed by atoms with E-state index in [1.165, 1.54) is 109 Å². The van der Waals surface area contributed by atoms with Crippen LogP contribution in [0.3, 0.4) is 0 Å². The molecule has 0 heteroatoms. The van der Waals surface area contributed by atoms with Crippen LogP contribution in [0.2, 0.25) is 0 Å². The molecule has 2 fully saturated rings. The highest BCUT2D eigenvalue weighted by molar-refractivity contribution is 5.29. The van der Waals surface area contributed by atoms with E-state index in [1.54, 1.807) is 0 Å². The zero-order valence-electron chi connectivity index (χ0n) is 20.1. The van der Waals surface area contributed by atoms with Crippen molar-refractivity contribution in [3.8, 4) is 0 Å². The van der Waals surface area contributed by atoms with Crippen LogP contribution in [0.5, 0.6) is 0 Å². The van der Waals surface area contributed by atoms with Crippen LogP contribution in [0.4, 0.5) is 0 Å². The van der Waals surface area contributed by atoms with E-state index >= 15 is 0 Å². The first kappa shape index (κ1) is 24.5. The summed E-state index contributed by atoms with van der Waals surface area (Å²) in [5.74, 6) is 0.954. The van der Waals surface area contributed by atoms with Gasteiger partial charge in [-0.2, -0.15) is 0 Å². The maximum Gasteiger partial charge on any atom is -0.0198 e. The van der Waals surface area contributed by atoms with Crippen LogP contribution in [-0.4, -0.2) is 0 Å². The fourth-order valence-corrected chi connectivity index (χ4v) is 5.19. The van der Waals surface area contributed by atoms with Gasteiger partial charge in [0.1, 0.15) is 0 Å². The number of allylic oxidation sites excluding steroid dienone is 6. The standard InChI is InChI=1S/C29H50/c1-4-6-8-10-11-14-18-22-27(21-17-13-9-7-5-2)23-19-15-12-16-20-24-29-25-28(29,3)26-29/h7,9-11,16,20,27H,4-6,8,12-15,17-19,21-26H2,1-3H3/b9-7-,11-10-,20-16-. The van der Waals surface area contributed by atoms with Gasteiger partial charge in [0.15, 0.2) is 0 Å². The lowest BCUT2D eigenvalue weighted by Gasteiger charge is -2.16. The molecule has 2 rings (SSSR count). The van der Waals surface area contributed by atoms with Gasteiger partial charge in [-0.3, -0.25) is 0 Å². The molecule has 0 aromatic heterocycles. The van der Waals surface area contributed by atoms with Gasteiger partial charge in [0.25, 0.3) is 0 Å². The van der Waals surface area contributed by atoms with E-state index in [0.717, 1.165) is 16.7 Å². The maximum absolute atomic E-state index is 2.50. The molecule has 0 nitrogen and oxygen atoms in total. The summed E-state index contributed by atoms with van der Waals surface area (Å²) in [6.45, 7) is 6.98. The molecule has 0 radical (unpaired) electrons. The highest BCUT2D eigenvalue weighted by Crippen LogP contribution is 2.87. The summed E-state index contributed by atoms with van der Waals surface area (Å²) >= 11 is 0. The predicted molar refractivity (Wildman–Crippen MR) is 131 cm³/mol. The summed E-state index contributed by atoms with van der Waals surface area (Å²) in [6, 6.07) is 0. The number of rotatable bonds is 19. The number of unbranched alkanes of at least 4 members (excludes halogenated alkanes) is 6. The first-order valence-corrected chi connectivity index (χ1v) is 13.1. The van der Waals surface area contributed by atoms with E-state index in [9.17, 15) is 0 Å². The van der Waals surface area contributed by atoms with E-state index in [0.29, 0.717) is 0 Å². The molecule has 0 aromatic rings. The Morgan fingerprint density at radius 3 is 1.76 bits per heavy atom. The molecular weight excluding hydrogens is 348 g/mol. The van der Waals surface area contributed by atoms with Gasteiger partial charge in [-0.1, -0.05) is 95.8 Å². The molecule has 2 saturated carbocycles. The van der Waals surface area contributed by atoms with Crippen LogP contribution >= 0.6 is 0 Å². The minimum Gasteiger partial charge on any atom is -0.0888 e. The lowest BCUT2D eigenvalue weighted by atomic mass is 9.90. The van der Waals surface area contributed by atoms with Gasteiger partial charge < -0.3 is 0 Å². The van der Waals surface area contributed by atoms with Crippen LogP contribution in [0, 0.1) is 16.7 Å². The number of hydrogen-bond acceptors (Lipinski definition) is 0. The Kier molecular flexibility index (Phi) is 11.4. The van der Waals surface area contributed by atoms with Crippen molar-refractivity contribution in [3.63, 3.8) is 0 Å². The predicted octanol–water partition coefficient (Wildman–Crippen LogP) is 9.96. The van der Waals surface area contributed by atoms with Crippen LogP contribution in [0.1, 0.15) is 130 Å². The molecule has 2 aliphatic rings. The molecule has 29 heavy (non-hydrogen) atoms. The van der Waals surface area contributed by atoms with E-state index in [4.69, 9.17) is 0 Å². The molecule has 1 atom stereocenters. The van der Waals surface area contributed by atoms with Crippen molar-refractivity contribution in [1.29, 1.82) is 0 Å². The molecule has 2 aliphatic carbocycles. The van der Waals surface area contributed by atoms with Gasteiger partial charge in [-0.15, -0.1) is 0 Å². The second kappa shape index (κ2) is 13.5. The first-order chi connectivity index (χ1) is 14.2. The lowest BCUT2D eigenvalue weighted by molar-refractivity contribution is 0.385. The Balaban J connectivity index is 1.54. The zero-order chi connectivity index (χ0) is 20.8. The molecule has 0 aromatic carbocycles. The van der Waals surface area contributed by atoms with Crippen LogP contribution in [0.15, 0.2) is 36.5 Å². The third kappa shape index (κ3) is 9.27. The van der Waals surface area contributed by atoms with Crippen molar-refractivity contribution in [1.82, 2.24) is 0 Å². The van der Waals surface area contributed by atoms with Crippen molar-refractivity contribution in [2.24, 2.45) is 16.7 Å². The first-order valence-electron chi connectivity index (χ1n) is 13.1. The molecule has 0 spiro atoms. The maximum atomic E-state index is 2.50. The minimum absolute atomic E-state index is 0.780. The summed E-state index contributed by atoms with van der Waals surface area (Å²) in [5.41, 5.74) is 1.56. The average molecular weight is 399 g/mol. The van der Waals surface area contributed by atoms with E-state index in [2.05, 4.69) is 57.2 Å². The fourth-order valence-electron chi connectivity index (χ4n) is 5.19. The highest BCUT2D eigenvalue weighted by atomic mass is 14.8. The summed E-state index contributed by atoms with van der Waals surface area (Å²) < 4.78 is 0. The third-order valence-corrected chi connectivity index (χ3v) is 7.66. The normalized spacial score (nSPS) is 26.6. The second-order valence-electron chi connectivity index (χ2n) is 10.4. The zero-order valence-corrected chi connectivity index (χ0v) is 20.1. The Bertz CT molecular complexity index is 500. The van der Waals surface area contributed by atoms with Crippen LogP contribution < -0.4 is 0 Å². The van der Waals surface area contributed by atoms with E-state index in [1.807, 2.05) is 0 Å². The summed E-state index contributed by atoms with van der Waals surface area (Å²) in [5, 5.41) is 0. The molecule has 0 aliphatic heterocycles. The molecular formula is C29H50. The molecule has 0 N–H and O–H groups in total. The number of fused-ring (bicyclic) bond motifs is 1. The van der Waals surface area contributed by atoms with Crippen molar-refractivity contribution < 1.29 is 0 Å². The molecule has 0 amide bonds. The minimum atomic E-state index is 0.780. The van der Waals surface area contributed by atoms with Gasteiger partial charge in [0.05, 0.1) is 0 Å². The summed E-state index contributed by atoms with van der Waals surface area (Å²) in [7, 11) is 0. The number of hydrogen-bond donors (Lipinski definition) is 0. The average Bonchev–Trinajstić information content (AvgIpc) is 3.49. The summed E-state index contributed by atoms with van der Waals surface area (Å²) in [4.78, 5) is 0. The van der Waals surface area contributed by atoms with Crippen LogP contribution in [-0.2, 0) is 0 Å². The topological polar surface area (TPSA) is 0 Å². The van der Waals surface area contributed by atoms with Crippen LogP contribution in [0.25, 0.3) is 0 Å². The molecule has 0 saturated heterocycles. The Hall–Kier alpha value is -0.780. The monoisotopic (exact) mass is 398 g/mol. The fraction of sp³-hybridized carbons (Fsp3) is 0.793. The van der Waals surface area contributed by atoms with E-state index < -0.39 is 0 Å². The Morgan fingerprint density at radius 1 is 0.655 bits per heavy atom. The van der Waals surface area contributed by atoms with Crippen molar-refractivity contribution in [3.05, 3.63) is 36.5 Å². The lowest BCUT2D eigenvalue weighted by Crippen LogP contribution is -2.01. The van der Waals surface area contributed by atoms with Crippen molar-refractivity contribution in [2.75, 3.05) is 0 Å². The highest BCUT2D eigenvalue weighted by Gasteiger charge is 2.78. The van der Waals surface area contributed by atoms with Crippen molar-refractivity contribution in [2.45, 2.75) is 130 Å². The smallest absolute Gasteiger partial charge is 0.0198 e. The van der Waals surface area contributed by atoms with Gasteiger partial charge in [0, 0.05) is 0 Å². The summed E-state index contributed by atoms with van der Waals surface area (Å²) in [6.07, 6.45) is 37.8. The quantitative estimate of drug-likeness (QED) is 0.150. The Morgan fingerprint density at radius 2 is 1.17 bits per heavy atom. The second-order valence-corrected chi connectivity index (χ2v) is 10.4. The van der Waals surface area contributed by atoms with Gasteiger partial charge in [-0.05, 0) is 87.4 Å². The van der Waals surface area contributed by atoms with Gasteiger partial charge in [0.2, 0.25) is 0 Å². The van der Waals surface area contributed by atoms with Gasteiger partial charge >= 0.3 is 0 Å². The SMILES string of the molecule is CC/C=C\CCCC(CCC/C=C\CCCC)CCCC/C=C\CC12CC1(C)C2. The van der Waals surface area contributed by atoms with E-state index in [-0.39, 0.29) is 0 Å². The molecule has 1 unspecified atom stereocenters.